The lowest BCUT2D eigenvalue weighted by Gasteiger charge is -2.41. The first kappa shape index (κ1) is 17.2. The van der Waals surface area contributed by atoms with Gasteiger partial charge < -0.3 is 20.2 Å². The minimum absolute atomic E-state index is 0.0881. The van der Waals surface area contributed by atoms with Gasteiger partial charge in [-0.05, 0) is 25.2 Å². The van der Waals surface area contributed by atoms with Crippen molar-refractivity contribution >= 4 is 11.8 Å². The molecule has 2 saturated heterocycles. The van der Waals surface area contributed by atoms with Crippen LogP contribution in [0.3, 0.4) is 0 Å². The van der Waals surface area contributed by atoms with Gasteiger partial charge >= 0.3 is 0 Å². The Morgan fingerprint density at radius 2 is 2.14 bits per heavy atom. The van der Waals surface area contributed by atoms with Crippen LogP contribution in [0.1, 0.15) is 40.0 Å². The van der Waals surface area contributed by atoms with E-state index in [1.54, 1.807) is 4.90 Å². The molecule has 2 aliphatic heterocycles. The van der Waals surface area contributed by atoms with E-state index in [9.17, 15) is 14.7 Å². The van der Waals surface area contributed by atoms with Crippen LogP contribution >= 0.6 is 0 Å². The third-order valence-corrected chi connectivity index (χ3v) is 5.01. The minimum Gasteiger partial charge on any atom is -0.391 e. The van der Waals surface area contributed by atoms with Crippen molar-refractivity contribution in [3.63, 3.8) is 0 Å². The lowest BCUT2D eigenvalue weighted by molar-refractivity contribution is -0.139. The maximum absolute atomic E-state index is 12.2. The highest BCUT2D eigenvalue weighted by Gasteiger charge is 2.35. The van der Waals surface area contributed by atoms with Crippen LogP contribution in [0.5, 0.6) is 0 Å². The standard InChI is InChI=1S/C16H29N3O3/c1-12-15(22)18(10-7-17-12)8-4-5-14(21)19-9-6-16(2,3)13(20)11-19/h12-13,17,20H,4-11H2,1-3H3/t12-,13+/m0/s1. The summed E-state index contributed by atoms with van der Waals surface area (Å²) < 4.78 is 0. The highest BCUT2D eigenvalue weighted by atomic mass is 16.3. The van der Waals surface area contributed by atoms with Gasteiger partial charge in [-0.3, -0.25) is 9.59 Å². The quantitative estimate of drug-likeness (QED) is 0.778. The molecule has 2 amide bonds. The number of aliphatic hydroxyl groups excluding tert-OH is 1. The van der Waals surface area contributed by atoms with E-state index in [0.29, 0.717) is 39.0 Å². The Balaban J connectivity index is 1.73. The van der Waals surface area contributed by atoms with Gasteiger partial charge in [-0.15, -0.1) is 0 Å². The van der Waals surface area contributed by atoms with Gasteiger partial charge in [0.15, 0.2) is 0 Å². The Hall–Kier alpha value is -1.14. The first-order valence-electron chi connectivity index (χ1n) is 8.29. The van der Waals surface area contributed by atoms with Crippen LogP contribution in [0, 0.1) is 5.41 Å². The Morgan fingerprint density at radius 3 is 2.82 bits per heavy atom. The summed E-state index contributed by atoms with van der Waals surface area (Å²) in [5, 5.41) is 13.2. The van der Waals surface area contributed by atoms with Crippen molar-refractivity contribution in [2.75, 3.05) is 32.7 Å². The number of β-amino-alcohol motifs (C(OH)–C–C–N with tert-alkyl or cyclic N) is 1. The van der Waals surface area contributed by atoms with Crippen LogP contribution in [-0.4, -0.2) is 71.6 Å². The lowest BCUT2D eigenvalue weighted by Crippen LogP contribution is -2.54. The number of piperidine rings is 1. The Morgan fingerprint density at radius 1 is 1.41 bits per heavy atom. The Bertz CT molecular complexity index is 425. The molecule has 0 aromatic rings. The second-order valence-electron chi connectivity index (χ2n) is 7.20. The topological polar surface area (TPSA) is 72.9 Å². The van der Waals surface area contributed by atoms with Crippen molar-refractivity contribution < 1.29 is 14.7 Å². The van der Waals surface area contributed by atoms with E-state index in [0.717, 1.165) is 13.0 Å². The first-order chi connectivity index (χ1) is 10.3. The van der Waals surface area contributed by atoms with Gasteiger partial charge in [0.2, 0.25) is 11.8 Å². The fourth-order valence-electron chi connectivity index (χ4n) is 3.05. The molecule has 126 valence electrons. The number of nitrogens with one attached hydrogen (secondary N) is 1. The molecule has 2 heterocycles. The fourth-order valence-corrected chi connectivity index (χ4v) is 3.05. The molecule has 2 rings (SSSR count). The van der Waals surface area contributed by atoms with E-state index >= 15 is 0 Å². The number of likely N-dealkylation sites (tertiary alicyclic amines) is 1. The number of aliphatic hydroxyl groups is 1. The fraction of sp³-hybridized carbons (Fsp3) is 0.875. The van der Waals surface area contributed by atoms with Crippen molar-refractivity contribution in [1.82, 2.24) is 15.1 Å². The van der Waals surface area contributed by atoms with Gasteiger partial charge in [0.05, 0.1) is 12.1 Å². The van der Waals surface area contributed by atoms with Gasteiger partial charge in [-0.1, -0.05) is 13.8 Å². The van der Waals surface area contributed by atoms with Crippen molar-refractivity contribution in [2.24, 2.45) is 5.41 Å². The summed E-state index contributed by atoms with van der Waals surface area (Å²) in [5.41, 5.74) is -0.111. The Labute approximate surface area is 132 Å². The maximum atomic E-state index is 12.2. The number of piperazine rings is 1. The zero-order valence-corrected chi connectivity index (χ0v) is 14.0. The number of carbonyl (C=O) groups is 2. The van der Waals surface area contributed by atoms with E-state index in [1.165, 1.54) is 0 Å². The van der Waals surface area contributed by atoms with Gasteiger partial charge in [0, 0.05) is 39.1 Å². The van der Waals surface area contributed by atoms with Crippen molar-refractivity contribution in [3.8, 4) is 0 Å². The number of nitrogens with zero attached hydrogens (tertiary/aromatic N) is 2. The molecule has 2 atom stereocenters. The second-order valence-corrected chi connectivity index (χ2v) is 7.20. The summed E-state index contributed by atoms with van der Waals surface area (Å²) in [6, 6.07) is -0.121. The predicted molar refractivity (Wildman–Crippen MR) is 84.3 cm³/mol. The average Bonchev–Trinajstić information content (AvgIpc) is 2.46. The summed E-state index contributed by atoms with van der Waals surface area (Å²) in [6.07, 6.45) is 1.50. The van der Waals surface area contributed by atoms with E-state index in [1.807, 2.05) is 25.7 Å². The van der Waals surface area contributed by atoms with Crippen LogP contribution in [0.15, 0.2) is 0 Å². The maximum Gasteiger partial charge on any atom is 0.239 e. The number of amides is 2. The monoisotopic (exact) mass is 311 g/mol. The van der Waals surface area contributed by atoms with E-state index in [2.05, 4.69) is 5.32 Å². The SMILES string of the molecule is C[C@@H]1NCCN(CCCC(=O)N2CCC(C)(C)[C@H](O)C2)C1=O. The highest BCUT2D eigenvalue weighted by molar-refractivity contribution is 5.82. The van der Waals surface area contributed by atoms with Crippen molar-refractivity contribution in [2.45, 2.75) is 52.2 Å². The molecular formula is C16H29N3O3. The lowest BCUT2D eigenvalue weighted by atomic mass is 9.80. The van der Waals surface area contributed by atoms with E-state index in [4.69, 9.17) is 0 Å². The number of rotatable bonds is 4. The second kappa shape index (κ2) is 6.96. The zero-order valence-electron chi connectivity index (χ0n) is 14.0. The third-order valence-electron chi connectivity index (χ3n) is 5.01. The highest BCUT2D eigenvalue weighted by Crippen LogP contribution is 2.30. The number of carbonyl (C=O) groups excluding carboxylic acids is 2. The molecule has 0 aromatic heterocycles. The van der Waals surface area contributed by atoms with Crippen LogP contribution in [-0.2, 0) is 9.59 Å². The molecule has 0 bridgehead atoms. The number of hydrogen-bond acceptors (Lipinski definition) is 4. The first-order valence-corrected chi connectivity index (χ1v) is 8.29. The normalized spacial score (nSPS) is 28.8. The minimum atomic E-state index is -0.458. The van der Waals surface area contributed by atoms with E-state index < -0.39 is 6.10 Å². The molecule has 0 aliphatic carbocycles. The molecule has 2 N–H and O–H groups in total. The summed E-state index contributed by atoms with van der Waals surface area (Å²) in [5.74, 6) is 0.207. The molecule has 2 fully saturated rings. The third kappa shape index (κ3) is 3.98. The van der Waals surface area contributed by atoms with Gasteiger partial charge in [-0.2, -0.15) is 0 Å². The van der Waals surface area contributed by atoms with Crippen LogP contribution in [0.2, 0.25) is 0 Å². The molecule has 0 unspecified atom stereocenters. The van der Waals surface area contributed by atoms with Crippen LogP contribution in [0.4, 0.5) is 0 Å². The molecule has 0 aromatic carbocycles. The molecule has 6 heteroatoms. The van der Waals surface area contributed by atoms with E-state index in [-0.39, 0.29) is 23.3 Å². The van der Waals surface area contributed by atoms with Crippen LogP contribution < -0.4 is 5.32 Å². The van der Waals surface area contributed by atoms with Crippen molar-refractivity contribution in [3.05, 3.63) is 0 Å². The molecule has 2 aliphatic rings. The summed E-state index contributed by atoms with van der Waals surface area (Å²) in [6.45, 7) is 9.26. The van der Waals surface area contributed by atoms with Gasteiger partial charge in [-0.25, -0.2) is 0 Å². The molecule has 6 nitrogen and oxygen atoms in total. The average molecular weight is 311 g/mol. The molecule has 0 saturated carbocycles. The zero-order chi connectivity index (χ0) is 16.3. The summed E-state index contributed by atoms with van der Waals surface area (Å²) in [7, 11) is 0. The van der Waals surface area contributed by atoms with Gasteiger partial charge in [0.25, 0.3) is 0 Å². The number of hydrogen-bond donors (Lipinski definition) is 2. The molecule has 0 radical (unpaired) electrons. The van der Waals surface area contributed by atoms with Crippen molar-refractivity contribution in [1.29, 1.82) is 0 Å². The molecule has 0 spiro atoms. The Kier molecular flexibility index (Phi) is 5.45. The summed E-state index contributed by atoms with van der Waals surface area (Å²) in [4.78, 5) is 27.8. The van der Waals surface area contributed by atoms with Crippen LogP contribution in [0.25, 0.3) is 0 Å². The largest absolute Gasteiger partial charge is 0.391 e. The smallest absolute Gasteiger partial charge is 0.239 e. The van der Waals surface area contributed by atoms with Gasteiger partial charge in [0.1, 0.15) is 0 Å². The molecule has 22 heavy (non-hydrogen) atoms. The predicted octanol–water partition coefficient (Wildman–Crippen LogP) is 0.206. The summed E-state index contributed by atoms with van der Waals surface area (Å²) >= 11 is 0. The molecular weight excluding hydrogens is 282 g/mol.